The van der Waals surface area contributed by atoms with Crippen LogP contribution in [0.3, 0.4) is 0 Å². The first kappa shape index (κ1) is 25.8. The summed E-state index contributed by atoms with van der Waals surface area (Å²) in [6.45, 7) is 1.89. The average molecular weight is 378 g/mol. The highest BCUT2D eigenvalue weighted by atomic mass is 17.2. The van der Waals surface area contributed by atoms with E-state index in [-0.39, 0.29) is 33.0 Å². The molecule has 0 atom stereocenters. The molecule has 0 aromatic heterocycles. The van der Waals surface area contributed by atoms with Crippen LogP contribution >= 0.6 is 0 Å². The molecule has 158 valence electrons. The second-order valence-electron chi connectivity index (χ2n) is 7.04. The summed E-state index contributed by atoms with van der Waals surface area (Å²) in [6.07, 6.45) is 17.6. The fraction of sp³-hybridized carbons (Fsp3) is 1.00. The van der Waals surface area contributed by atoms with Gasteiger partial charge in [-0.15, -0.1) is 0 Å². The van der Waals surface area contributed by atoms with Crippen molar-refractivity contribution in [1.29, 1.82) is 0 Å². The molecule has 0 aliphatic rings. The Morgan fingerprint density at radius 2 is 0.962 bits per heavy atom. The van der Waals surface area contributed by atoms with Crippen molar-refractivity contribution in [3.63, 3.8) is 0 Å². The zero-order valence-corrected chi connectivity index (χ0v) is 17.0. The molecule has 0 aromatic rings. The van der Waals surface area contributed by atoms with Gasteiger partial charge in [0.05, 0.1) is 13.2 Å². The average Bonchev–Trinajstić information content (AvgIpc) is 2.65. The third kappa shape index (κ3) is 17.2. The molecule has 0 fully saturated rings. The van der Waals surface area contributed by atoms with E-state index in [4.69, 9.17) is 19.9 Å². The molecular formula is C20H43NO5. The normalized spacial score (nSPS) is 12.0. The van der Waals surface area contributed by atoms with Crippen LogP contribution in [0.2, 0.25) is 0 Å². The van der Waals surface area contributed by atoms with Gasteiger partial charge in [-0.3, -0.25) is 0 Å². The summed E-state index contributed by atoms with van der Waals surface area (Å²) >= 11 is 0. The van der Waals surface area contributed by atoms with Gasteiger partial charge < -0.3 is 15.4 Å². The number of hydrogen-bond acceptors (Lipinski definition) is 5. The van der Waals surface area contributed by atoms with E-state index in [1.54, 1.807) is 0 Å². The number of aliphatic hydroxyl groups is 2. The highest BCUT2D eigenvalue weighted by Crippen LogP contribution is 2.15. The molecule has 0 rings (SSSR count). The van der Waals surface area contributed by atoms with Crippen molar-refractivity contribution in [1.82, 2.24) is 0 Å². The Morgan fingerprint density at radius 3 is 1.31 bits per heavy atom. The maximum absolute atomic E-state index is 12.2. The first-order valence-electron chi connectivity index (χ1n) is 10.8. The number of aliphatic hydroxyl groups excluding tert-OH is 2. The highest BCUT2D eigenvalue weighted by Gasteiger charge is 2.20. The van der Waals surface area contributed by atoms with Gasteiger partial charge in [0.15, 0.2) is 0 Å². The summed E-state index contributed by atoms with van der Waals surface area (Å²) < 4.78 is 0. The monoisotopic (exact) mass is 377 g/mol. The van der Waals surface area contributed by atoms with Gasteiger partial charge in [-0.05, 0) is 6.42 Å². The van der Waals surface area contributed by atoms with E-state index >= 15 is 0 Å². The number of hydroxylamine groups is 3. The largest absolute Gasteiger partial charge is 0.564 e. The third-order valence-electron chi connectivity index (χ3n) is 4.54. The lowest BCUT2D eigenvalue weighted by atomic mass is 10.0. The predicted octanol–water partition coefficient (Wildman–Crippen LogP) is 4.63. The molecule has 0 heterocycles. The summed E-state index contributed by atoms with van der Waals surface area (Å²) in [4.78, 5) is 8.75. The van der Waals surface area contributed by atoms with Gasteiger partial charge >= 0.3 is 0 Å². The van der Waals surface area contributed by atoms with E-state index in [2.05, 4.69) is 6.92 Å². The molecule has 0 saturated heterocycles. The molecule has 0 aromatic carbocycles. The van der Waals surface area contributed by atoms with Crippen LogP contribution in [0.25, 0.3) is 0 Å². The maximum atomic E-state index is 12.2. The van der Waals surface area contributed by atoms with Crippen LogP contribution in [0.1, 0.15) is 96.8 Å². The standard InChI is InChI=1S/C20H43NO5/c1-2-3-4-5-6-7-8-9-10-11-12-13-14-15-16-21(24,25-19-17-22)26-20-18-23/h22-23H,2-20H2,1H3. The summed E-state index contributed by atoms with van der Waals surface area (Å²) in [5, 5.41) is 29.8. The Hall–Kier alpha value is -0.240. The molecule has 0 bridgehead atoms. The van der Waals surface area contributed by atoms with Crippen molar-refractivity contribution < 1.29 is 24.9 Å². The minimum Gasteiger partial charge on any atom is -0.564 e. The van der Waals surface area contributed by atoms with Gasteiger partial charge in [-0.25, -0.2) is 0 Å². The highest BCUT2D eigenvalue weighted by molar-refractivity contribution is 4.49. The Bertz CT molecular complexity index is 271. The zero-order valence-electron chi connectivity index (χ0n) is 17.0. The molecule has 26 heavy (non-hydrogen) atoms. The minimum absolute atomic E-state index is 0.0620. The maximum Gasteiger partial charge on any atom is 0.142 e. The van der Waals surface area contributed by atoms with Crippen LogP contribution in [-0.4, -0.2) is 48.2 Å². The number of rotatable bonds is 21. The molecule has 0 amide bonds. The number of nitrogens with zero attached hydrogens (tertiary/aromatic N) is 1. The van der Waals surface area contributed by atoms with E-state index in [9.17, 15) is 5.21 Å². The summed E-state index contributed by atoms with van der Waals surface area (Å²) in [7, 11) is 0. The van der Waals surface area contributed by atoms with Crippen molar-refractivity contribution >= 4 is 0 Å². The lowest BCUT2D eigenvalue weighted by Gasteiger charge is -2.35. The third-order valence-corrected chi connectivity index (χ3v) is 4.54. The van der Waals surface area contributed by atoms with Crippen molar-refractivity contribution in [3.05, 3.63) is 5.21 Å². The molecule has 0 aliphatic carbocycles. The first-order valence-corrected chi connectivity index (χ1v) is 10.8. The predicted molar refractivity (Wildman–Crippen MR) is 105 cm³/mol. The molecule has 2 N–H and O–H groups in total. The van der Waals surface area contributed by atoms with Gasteiger partial charge in [0, 0.05) is 6.42 Å². The van der Waals surface area contributed by atoms with Crippen LogP contribution in [0.5, 0.6) is 0 Å². The lowest BCUT2D eigenvalue weighted by molar-refractivity contribution is -1.21. The Labute approximate surface area is 160 Å². The van der Waals surface area contributed by atoms with Gasteiger partial charge in [0.25, 0.3) is 0 Å². The fourth-order valence-corrected chi connectivity index (χ4v) is 3.03. The SMILES string of the molecule is CCCCCCCCCCCCCCCC[N+]([O-])(OCCO)OCCO. The van der Waals surface area contributed by atoms with Crippen molar-refractivity contribution in [3.8, 4) is 0 Å². The van der Waals surface area contributed by atoms with Crippen molar-refractivity contribution in [2.75, 3.05) is 33.0 Å². The molecule has 6 nitrogen and oxygen atoms in total. The van der Waals surface area contributed by atoms with E-state index in [1.165, 1.54) is 70.6 Å². The number of unbranched alkanes of at least 4 members (excludes halogenated alkanes) is 13. The fourth-order valence-electron chi connectivity index (χ4n) is 3.03. The number of hydrogen-bond donors (Lipinski definition) is 2. The molecule has 6 heteroatoms. The van der Waals surface area contributed by atoms with Crippen LogP contribution in [-0.2, 0) is 9.68 Å². The topological polar surface area (TPSA) is 82.0 Å². The van der Waals surface area contributed by atoms with Gasteiger partial charge in [0.1, 0.15) is 19.8 Å². The molecule has 0 aliphatic heterocycles. The van der Waals surface area contributed by atoms with Gasteiger partial charge in [-0.2, -0.15) is 9.68 Å². The summed E-state index contributed by atoms with van der Waals surface area (Å²) in [6, 6.07) is 0. The van der Waals surface area contributed by atoms with E-state index < -0.39 is 4.97 Å². The smallest absolute Gasteiger partial charge is 0.142 e. The van der Waals surface area contributed by atoms with Crippen molar-refractivity contribution in [2.45, 2.75) is 96.8 Å². The van der Waals surface area contributed by atoms with Gasteiger partial charge in [-0.1, -0.05) is 88.9 Å². The van der Waals surface area contributed by atoms with E-state index in [0.717, 1.165) is 19.3 Å². The quantitative estimate of drug-likeness (QED) is 0.173. The first-order chi connectivity index (χ1) is 12.7. The Balaban J connectivity index is 3.44. The molecule has 0 radical (unpaired) electrons. The van der Waals surface area contributed by atoms with Crippen LogP contribution in [0.4, 0.5) is 0 Å². The van der Waals surface area contributed by atoms with Crippen molar-refractivity contribution in [2.24, 2.45) is 0 Å². The minimum atomic E-state index is -1.24. The summed E-state index contributed by atoms with van der Waals surface area (Å²) in [5.74, 6) is 0. The zero-order chi connectivity index (χ0) is 19.3. The van der Waals surface area contributed by atoms with Crippen LogP contribution in [0, 0.1) is 5.21 Å². The molecular weight excluding hydrogens is 334 g/mol. The second-order valence-corrected chi connectivity index (χ2v) is 7.04. The molecule has 0 spiro atoms. The van der Waals surface area contributed by atoms with E-state index in [0.29, 0.717) is 0 Å². The van der Waals surface area contributed by atoms with Gasteiger partial charge in [0.2, 0.25) is 0 Å². The van der Waals surface area contributed by atoms with Crippen LogP contribution < -0.4 is 0 Å². The molecule has 0 saturated carbocycles. The number of quaternary nitrogens is 1. The van der Waals surface area contributed by atoms with Crippen LogP contribution in [0.15, 0.2) is 0 Å². The van der Waals surface area contributed by atoms with E-state index in [1.807, 2.05) is 0 Å². The Kier molecular flexibility index (Phi) is 19.3. The summed E-state index contributed by atoms with van der Waals surface area (Å²) in [5.41, 5.74) is 0. The molecule has 0 unspecified atom stereocenters. The lowest BCUT2D eigenvalue weighted by Crippen LogP contribution is -2.44. The second kappa shape index (κ2) is 19.5. The Morgan fingerprint density at radius 1 is 0.615 bits per heavy atom.